The summed E-state index contributed by atoms with van der Waals surface area (Å²) in [4.78, 5) is 14.6. The van der Waals surface area contributed by atoms with Crippen LogP contribution in [0.2, 0.25) is 0 Å². The second kappa shape index (κ2) is 7.22. The third kappa shape index (κ3) is 4.44. The van der Waals surface area contributed by atoms with Gasteiger partial charge in [-0.1, -0.05) is 6.92 Å². The summed E-state index contributed by atoms with van der Waals surface area (Å²) in [6.45, 7) is 9.59. The molecule has 0 aliphatic carbocycles. The van der Waals surface area contributed by atoms with E-state index in [1.165, 1.54) is 0 Å². The molecule has 0 unspecified atom stereocenters. The molecule has 2 saturated heterocycles. The normalized spacial score (nSPS) is 24.1. The van der Waals surface area contributed by atoms with E-state index in [1.54, 1.807) is 0 Å². The zero-order valence-electron chi connectivity index (χ0n) is 12.0. The molecule has 2 N–H and O–H groups in total. The number of ether oxygens (including phenoxy) is 1. The Kier molecular flexibility index (Phi) is 5.60. The van der Waals surface area contributed by atoms with Crippen LogP contribution in [0.4, 0.5) is 0 Å². The Morgan fingerprint density at radius 3 is 2.68 bits per heavy atom. The number of morpholine rings is 1. The van der Waals surface area contributed by atoms with Crippen LogP contribution < -0.4 is 10.6 Å². The molecule has 0 spiro atoms. The van der Waals surface area contributed by atoms with Crippen molar-refractivity contribution in [3.05, 3.63) is 0 Å². The van der Waals surface area contributed by atoms with Crippen LogP contribution in [0, 0.1) is 5.41 Å². The molecular formula is C14H27N3O2. The predicted octanol–water partition coefficient (Wildman–Crippen LogP) is 0.215. The number of amides is 1. The Labute approximate surface area is 116 Å². The van der Waals surface area contributed by atoms with Gasteiger partial charge in [0.15, 0.2) is 0 Å². The molecule has 2 rings (SSSR count). The Morgan fingerprint density at radius 2 is 2.00 bits per heavy atom. The lowest BCUT2D eigenvalue weighted by atomic mass is 9.80. The second-order valence-corrected chi connectivity index (χ2v) is 5.87. The highest BCUT2D eigenvalue weighted by Crippen LogP contribution is 2.27. The van der Waals surface area contributed by atoms with Crippen LogP contribution in [0.5, 0.6) is 0 Å². The van der Waals surface area contributed by atoms with E-state index >= 15 is 0 Å². The van der Waals surface area contributed by atoms with Crippen molar-refractivity contribution in [1.82, 2.24) is 15.5 Å². The van der Waals surface area contributed by atoms with Crippen LogP contribution in [0.15, 0.2) is 0 Å². The maximum Gasteiger partial charge on any atom is 0.226 e. The molecule has 0 saturated carbocycles. The van der Waals surface area contributed by atoms with E-state index in [2.05, 4.69) is 22.5 Å². The minimum atomic E-state index is -0.162. The molecule has 0 aromatic rings. The number of carbonyl (C=O) groups excluding carboxylic acids is 1. The van der Waals surface area contributed by atoms with Crippen LogP contribution in [0.3, 0.4) is 0 Å². The van der Waals surface area contributed by atoms with E-state index < -0.39 is 0 Å². The fourth-order valence-corrected chi connectivity index (χ4v) is 2.75. The first kappa shape index (κ1) is 14.8. The van der Waals surface area contributed by atoms with Gasteiger partial charge in [0.25, 0.3) is 0 Å². The van der Waals surface area contributed by atoms with Crippen molar-refractivity contribution in [1.29, 1.82) is 0 Å². The van der Waals surface area contributed by atoms with Gasteiger partial charge in [0.1, 0.15) is 0 Å². The summed E-state index contributed by atoms with van der Waals surface area (Å²) in [6, 6.07) is 0. The highest BCUT2D eigenvalue weighted by Gasteiger charge is 2.34. The molecule has 0 bridgehead atoms. The summed E-state index contributed by atoms with van der Waals surface area (Å²) in [6.07, 6.45) is 2.92. The predicted molar refractivity (Wildman–Crippen MR) is 75.1 cm³/mol. The molecule has 110 valence electrons. The summed E-state index contributed by atoms with van der Waals surface area (Å²) in [5, 5.41) is 6.41. The number of rotatable bonds is 5. The van der Waals surface area contributed by atoms with Gasteiger partial charge in [-0.15, -0.1) is 0 Å². The van der Waals surface area contributed by atoms with Crippen molar-refractivity contribution >= 4 is 5.91 Å². The van der Waals surface area contributed by atoms with E-state index in [0.717, 1.165) is 71.7 Å². The standard InChI is InChI=1S/C14H27N3O2/c1-14(3-6-15-7-4-14)13(18)16-5-2-8-17-9-11-19-12-10-17/h15H,2-12H2,1H3,(H,16,18). The van der Waals surface area contributed by atoms with Gasteiger partial charge >= 0.3 is 0 Å². The SMILES string of the molecule is CC1(C(=O)NCCCN2CCOCC2)CCNCC1. The van der Waals surface area contributed by atoms with Crippen LogP contribution in [0.1, 0.15) is 26.2 Å². The highest BCUT2D eigenvalue weighted by atomic mass is 16.5. The Morgan fingerprint density at radius 1 is 1.32 bits per heavy atom. The summed E-state index contributed by atoms with van der Waals surface area (Å²) < 4.78 is 5.32. The molecule has 0 radical (unpaired) electrons. The molecule has 0 aromatic carbocycles. The fraction of sp³-hybridized carbons (Fsp3) is 0.929. The van der Waals surface area contributed by atoms with Gasteiger partial charge in [-0.3, -0.25) is 9.69 Å². The highest BCUT2D eigenvalue weighted by molar-refractivity contribution is 5.82. The van der Waals surface area contributed by atoms with Crippen LogP contribution in [0.25, 0.3) is 0 Å². The maximum atomic E-state index is 12.2. The van der Waals surface area contributed by atoms with Gasteiger partial charge in [-0.25, -0.2) is 0 Å². The summed E-state index contributed by atoms with van der Waals surface area (Å²) in [7, 11) is 0. The first-order valence-corrected chi connectivity index (χ1v) is 7.50. The van der Waals surface area contributed by atoms with Gasteiger partial charge in [-0.05, 0) is 38.9 Å². The van der Waals surface area contributed by atoms with Crippen LogP contribution in [-0.4, -0.2) is 63.3 Å². The summed E-state index contributed by atoms with van der Waals surface area (Å²) >= 11 is 0. The van der Waals surface area contributed by atoms with Crippen molar-refractivity contribution in [3.63, 3.8) is 0 Å². The first-order chi connectivity index (χ1) is 9.21. The summed E-state index contributed by atoms with van der Waals surface area (Å²) in [5.41, 5.74) is -0.162. The van der Waals surface area contributed by atoms with Gasteiger partial charge in [0.05, 0.1) is 13.2 Å². The van der Waals surface area contributed by atoms with Crippen LogP contribution in [-0.2, 0) is 9.53 Å². The number of nitrogens with zero attached hydrogens (tertiary/aromatic N) is 1. The van der Waals surface area contributed by atoms with E-state index in [9.17, 15) is 4.79 Å². The lowest BCUT2D eigenvalue weighted by Gasteiger charge is -2.32. The van der Waals surface area contributed by atoms with Crippen molar-refractivity contribution in [2.24, 2.45) is 5.41 Å². The van der Waals surface area contributed by atoms with E-state index in [4.69, 9.17) is 4.74 Å². The average Bonchev–Trinajstić information content (AvgIpc) is 2.45. The Hall–Kier alpha value is -0.650. The fourth-order valence-electron chi connectivity index (χ4n) is 2.75. The van der Waals surface area contributed by atoms with Gasteiger partial charge in [0.2, 0.25) is 5.91 Å². The minimum absolute atomic E-state index is 0.162. The van der Waals surface area contributed by atoms with Gasteiger partial charge in [-0.2, -0.15) is 0 Å². The zero-order chi connectivity index (χ0) is 13.6. The molecule has 5 nitrogen and oxygen atoms in total. The first-order valence-electron chi connectivity index (χ1n) is 7.50. The molecule has 2 fully saturated rings. The lowest BCUT2D eigenvalue weighted by Crippen LogP contribution is -2.46. The number of hydrogen-bond donors (Lipinski definition) is 2. The molecule has 5 heteroatoms. The molecule has 2 aliphatic rings. The average molecular weight is 269 g/mol. The molecular weight excluding hydrogens is 242 g/mol. The molecule has 1 amide bonds. The number of carbonyl (C=O) groups is 1. The van der Waals surface area contributed by atoms with E-state index in [0.29, 0.717) is 0 Å². The number of nitrogens with one attached hydrogen (secondary N) is 2. The van der Waals surface area contributed by atoms with Gasteiger partial charge in [0, 0.05) is 25.0 Å². The van der Waals surface area contributed by atoms with E-state index in [1.807, 2.05) is 0 Å². The van der Waals surface area contributed by atoms with Crippen molar-refractivity contribution in [3.8, 4) is 0 Å². The second-order valence-electron chi connectivity index (χ2n) is 5.87. The largest absolute Gasteiger partial charge is 0.379 e. The third-order valence-corrected chi connectivity index (χ3v) is 4.30. The van der Waals surface area contributed by atoms with Crippen LogP contribution >= 0.6 is 0 Å². The van der Waals surface area contributed by atoms with E-state index in [-0.39, 0.29) is 11.3 Å². The van der Waals surface area contributed by atoms with Crippen molar-refractivity contribution in [2.45, 2.75) is 26.2 Å². The minimum Gasteiger partial charge on any atom is -0.379 e. The molecule has 0 aromatic heterocycles. The quantitative estimate of drug-likeness (QED) is 0.701. The van der Waals surface area contributed by atoms with Crippen molar-refractivity contribution in [2.75, 3.05) is 52.5 Å². The molecule has 19 heavy (non-hydrogen) atoms. The molecule has 2 heterocycles. The number of hydrogen-bond acceptors (Lipinski definition) is 4. The zero-order valence-corrected chi connectivity index (χ0v) is 12.0. The molecule has 0 atom stereocenters. The van der Waals surface area contributed by atoms with Crippen molar-refractivity contribution < 1.29 is 9.53 Å². The number of piperidine rings is 1. The third-order valence-electron chi connectivity index (χ3n) is 4.30. The Bertz CT molecular complexity index is 284. The smallest absolute Gasteiger partial charge is 0.226 e. The lowest BCUT2D eigenvalue weighted by molar-refractivity contribution is -0.131. The molecule has 2 aliphatic heterocycles. The monoisotopic (exact) mass is 269 g/mol. The Balaban J connectivity index is 1.60. The van der Waals surface area contributed by atoms with Gasteiger partial charge < -0.3 is 15.4 Å². The summed E-state index contributed by atoms with van der Waals surface area (Å²) in [5.74, 6) is 0.232. The topological polar surface area (TPSA) is 53.6 Å². The maximum absolute atomic E-state index is 12.2.